The number of carbonyl (C=O) groups excluding carboxylic acids is 2. The molecule has 0 spiro atoms. The van der Waals surface area contributed by atoms with Crippen LogP contribution in [0.2, 0.25) is 0 Å². The summed E-state index contributed by atoms with van der Waals surface area (Å²) in [5.41, 5.74) is 2.37. The van der Waals surface area contributed by atoms with Crippen molar-refractivity contribution < 1.29 is 28.5 Å². The largest absolute Gasteiger partial charge is 0.513 e. The molecule has 0 atom stereocenters. The van der Waals surface area contributed by atoms with E-state index in [9.17, 15) is 9.59 Å². The molecule has 0 saturated heterocycles. The molecule has 0 amide bonds. The molecule has 7 heteroatoms. The number of rotatable bonds is 8. The van der Waals surface area contributed by atoms with E-state index < -0.39 is 12.3 Å². The van der Waals surface area contributed by atoms with Crippen molar-refractivity contribution in [1.29, 1.82) is 0 Å². The first-order valence-corrected chi connectivity index (χ1v) is 9.53. The maximum absolute atomic E-state index is 11.0. The van der Waals surface area contributed by atoms with Crippen molar-refractivity contribution in [2.24, 2.45) is 0 Å². The molecule has 0 aromatic heterocycles. The number of hydrogen-bond donors (Lipinski definition) is 0. The van der Waals surface area contributed by atoms with Gasteiger partial charge in [-0.1, -0.05) is 24.3 Å². The fraction of sp³-hybridized carbons (Fsp3) is 0.300. The minimum Gasteiger partial charge on any atom is -0.437 e. The Morgan fingerprint density at radius 3 is 1.41 bits per heavy atom. The molecule has 0 aliphatic heterocycles. The monoisotopic (exact) mass is 390 g/mol. The van der Waals surface area contributed by atoms with E-state index in [-0.39, 0.29) is 0 Å². The van der Waals surface area contributed by atoms with Gasteiger partial charge in [0.25, 0.3) is 0 Å². The molecule has 0 radical (unpaired) electrons. The van der Waals surface area contributed by atoms with E-state index in [0.29, 0.717) is 11.5 Å². The maximum atomic E-state index is 11.0. The minimum atomic E-state index is -0.719. The standard InChI is InChI=1S/C20H22O6S/c1-23-19(21)25-17-7-3-15(4-8-17)11-13-27-14-12-16-5-9-18(10-6-16)26-20(22)24-2/h3-10H,11-14H2,1-2H3. The number of thioether (sulfide) groups is 1. The molecule has 0 saturated carbocycles. The van der Waals surface area contributed by atoms with Crippen molar-refractivity contribution in [3.63, 3.8) is 0 Å². The van der Waals surface area contributed by atoms with Crippen LogP contribution in [0.4, 0.5) is 9.59 Å². The summed E-state index contributed by atoms with van der Waals surface area (Å²) in [4.78, 5) is 22.1. The lowest BCUT2D eigenvalue weighted by molar-refractivity contribution is 0.120. The second-order valence-electron chi connectivity index (χ2n) is 5.51. The van der Waals surface area contributed by atoms with Crippen LogP contribution >= 0.6 is 11.8 Å². The van der Waals surface area contributed by atoms with E-state index in [1.807, 2.05) is 36.0 Å². The lowest BCUT2D eigenvalue weighted by Crippen LogP contribution is -2.07. The number of aryl methyl sites for hydroxylation is 2. The fourth-order valence-electron chi connectivity index (χ4n) is 2.21. The zero-order chi connectivity index (χ0) is 19.5. The van der Waals surface area contributed by atoms with Gasteiger partial charge >= 0.3 is 12.3 Å². The highest BCUT2D eigenvalue weighted by Crippen LogP contribution is 2.17. The van der Waals surface area contributed by atoms with E-state index in [4.69, 9.17) is 9.47 Å². The SMILES string of the molecule is COC(=O)Oc1ccc(CCSCCc2ccc(OC(=O)OC)cc2)cc1. The first-order valence-electron chi connectivity index (χ1n) is 8.38. The molecule has 144 valence electrons. The number of methoxy groups -OCH3 is 2. The Hall–Kier alpha value is -2.67. The van der Waals surface area contributed by atoms with Gasteiger partial charge in [-0.3, -0.25) is 0 Å². The topological polar surface area (TPSA) is 71.1 Å². The number of ether oxygens (including phenoxy) is 4. The Morgan fingerprint density at radius 2 is 1.07 bits per heavy atom. The van der Waals surface area contributed by atoms with Crippen LogP contribution in [0.3, 0.4) is 0 Å². The third kappa shape index (κ3) is 7.62. The van der Waals surface area contributed by atoms with E-state index >= 15 is 0 Å². The van der Waals surface area contributed by atoms with Crippen molar-refractivity contribution in [2.75, 3.05) is 25.7 Å². The molecule has 0 bridgehead atoms. The molecule has 27 heavy (non-hydrogen) atoms. The summed E-state index contributed by atoms with van der Waals surface area (Å²) < 4.78 is 18.8. The molecule has 0 heterocycles. The van der Waals surface area contributed by atoms with Crippen molar-refractivity contribution in [1.82, 2.24) is 0 Å². The van der Waals surface area contributed by atoms with Gasteiger partial charge in [-0.25, -0.2) is 9.59 Å². The summed E-state index contributed by atoms with van der Waals surface area (Å²) in [6.07, 6.45) is 0.441. The number of carbonyl (C=O) groups is 2. The normalized spacial score (nSPS) is 10.1. The highest BCUT2D eigenvalue weighted by atomic mass is 32.2. The Kier molecular flexibility index (Phi) is 8.51. The fourth-order valence-corrected chi connectivity index (χ4v) is 3.17. The van der Waals surface area contributed by atoms with E-state index in [0.717, 1.165) is 24.3 Å². The average Bonchev–Trinajstić information content (AvgIpc) is 2.70. The van der Waals surface area contributed by atoms with Crippen LogP contribution in [0.5, 0.6) is 11.5 Å². The van der Waals surface area contributed by atoms with Gasteiger partial charge in [0.2, 0.25) is 0 Å². The number of hydrogen-bond acceptors (Lipinski definition) is 7. The van der Waals surface area contributed by atoms with Crippen LogP contribution in [0.15, 0.2) is 48.5 Å². The van der Waals surface area contributed by atoms with Crippen LogP contribution in [-0.4, -0.2) is 38.0 Å². The average molecular weight is 390 g/mol. The highest BCUT2D eigenvalue weighted by molar-refractivity contribution is 7.99. The van der Waals surface area contributed by atoms with E-state index in [1.54, 1.807) is 24.3 Å². The molecule has 0 N–H and O–H groups in total. The molecule has 0 unspecified atom stereocenters. The van der Waals surface area contributed by atoms with Gasteiger partial charge in [0, 0.05) is 0 Å². The van der Waals surface area contributed by atoms with Gasteiger partial charge in [0.1, 0.15) is 11.5 Å². The lowest BCUT2D eigenvalue weighted by atomic mass is 10.2. The van der Waals surface area contributed by atoms with Crippen molar-refractivity contribution in [3.8, 4) is 11.5 Å². The first-order chi connectivity index (χ1) is 13.1. The molecule has 2 rings (SSSR count). The first kappa shape index (κ1) is 20.6. The minimum absolute atomic E-state index is 0.470. The van der Waals surface area contributed by atoms with Crippen LogP contribution in [0.25, 0.3) is 0 Å². The van der Waals surface area contributed by atoms with Crippen LogP contribution in [0.1, 0.15) is 11.1 Å². The molecular weight excluding hydrogens is 368 g/mol. The highest BCUT2D eigenvalue weighted by Gasteiger charge is 2.04. The third-order valence-electron chi connectivity index (χ3n) is 3.65. The maximum Gasteiger partial charge on any atom is 0.513 e. The summed E-state index contributed by atoms with van der Waals surface area (Å²) in [5, 5.41) is 0. The molecule has 0 fully saturated rings. The van der Waals surface area contributed by atoms with Crippen molar-refractivity contribution in [2.45, 2.75) is 12.8 Å². The Labute approximate surface area is 162 Å². The van der Waals surface area contributed by atoms with Crippen LogP contribution in [-0.2, 0) is 22.3 Å². The van der Waals surface area contributed by atoms with Gasteiger partial charge in [0.05, 0.1) is 14.2 Å². The molecule has 6 nitrogen and oxygen atoms in total. The van der Waals surface area contributed by atoms with Gasteiger partial charge in [-0.2, -0.15) is 11.8 Å². The van der Waals surface area contributed by atoms with Gasteiger partial charge < -0.3 is 18.9 Å². The van der Waals surface area contributed by atoms with Crippen LogP contribution < -0.4 is 9.47 Å². The summed E-state index contributed by atoms with van der Waals surface area (Å²) >= 11 is 1.87. The summed E-state index contributed by atoms with van der Waals surface area (Å²) in [6, 6.07) is 14.8. The lowest BCUT2D eigenvalue weighted by Gasteiger charge is -2.06. The quantitative estimate of drug-likeness (QED) is 0.373. The third-order valence-corrected chi connectivity index (χ3v) is 4.64. The zero-order valence-corrected chi connectivity index (χ0v) is 16.1. The van der Waals surface area contributed by atoms with Crippen molar-refractivity contribution >= 4 is 24.1 Å². The summed E-state index contributed by atoms with van der Waals surface area (Å²) in [6.45, 7) is 0. The van der Waals surface area contributed by atoms with Gasteiger partial charge in [-0.15, -0.1) is 0 Å². The molecule has 0 aliphatic carbocycles. The zero-order valence-electron chi connectivity index (χ0n) is 15.3. The van der Waals surface area contributed by atoms with E-state index in [2.05, 4.69) is 9.47 Å². The summed E-state index contributed by atoms with van der Waals surface area (Å²) in [7, 11) is 2.55. The predicted octanol–water partition coefficient (Wildman–Crippen LogP) is 4.50. The molecular formula is C20H22O6S. The van der Waals surface area contributed by atoms with Crippen LogP contribution in [0, 0.1) is 0 Å². The predicted molar refractivity (Wildman–Crippen MR) is 104 cm³/mol. The Balaban J connectivity index is 1.65. The Morgan fingerprint density at radius 1 is 0.704 bits per heavy atom. The molecule has 0 aliphatic rings. The smallest absolute Gasteiger partial charge is 0.437 e. The molecule has 2 aromatic rings. The second kappa shape index (κ2) is 11.1. The number of benzene rings is 2. The van der Waals surface area contributed by atoms with Gasteiger partial charge in [0.15, 0.2) is 0 Å². The van der Waals surface area contributed by atoms with E-state index in [1.165, 1.54) is 25.3 Å². The van der Waals surface area contributed by atoms with Crippen molar-refractivity contribution in [3.05, 3.63) is 59.7 Å². The Bertz CT molecular complexity index is 664. The summed E-state index contributed by atoms with van der Waals surface area (Å²) in [5.74, 6) is 2.94. The second-order valence-corrected chi connectivity index (χ2v) is 6.74. The molecule has 2 aromatic carbocycles. The van der Waals surface area contributed by atoms with Gasteiger partial charge in [-0.05, 0) is 59.7 Å².